The summed E-state index contributed by atoms with van der Waals surface area (Å²) >= 11 is 0. The van der Waals surface area contributed by atoms with Crippen LogP contribution in [-0.4, -0.2) is 23.1 Å². The zero-order valence-corrected chi connectivity index (χ0v) is 12.2. The van der Waals surface area contributed by atoms with Gasteiger partial charge in [0.05, 0.1) is 17.6 Å². The van der Waals surface area contributed by atoms with Crippen LogP contribution in [-0.2, 0) is 6.54 Å². The van der Waals surface area contributed by atoms with Gasteiger partial charge in [-0.05, 0) is 12.5 Å². The van der Waals surface area contributed by atoms with E-state index in [1.807, 2.05) is 6.20 Å². The molecular weight excluding hydrogens is 224 g/mol. The van der Waals surface area contributed by atoms with Crippen LogP contribution in [0.5, 0.6) is 0 Å². The molecule has 0 amide bonds. The average molecular weight is 250 g/mol. The largest absolute Gasteiger partial charge is 0.382 e. The van der Waals surface area contributed by atoms with Crippen LogP contribution in [0.3, 0.4) is 0 Å². The first-order valence-electron chi connectivity index (χ1n) is 6.85. The highest BCUT2D eigenvalue weighted by Gasteiger charge is 2.09. The predicted octanol–water partition coefficient (Wildman–Crippen LogP) is 2.78. The predicted molar refractivity (Wildman–Crippen MR) is 76.8 cm³/mol. The Bertz CT molecular complexity index is 361. The van der Waals surface area contributed by atoms with Crippen molar-refractivity contribution in [3.63, 3.8) is 0 Å². The van der Waals surface area contributed by atoms with Crippen LogP contribution >= 0.6 is 0 Å². The third-order valence-corrected chi connectivity index (χ3v) is 2.65. The summed E-state index contributed by atoms with van der Waals surface area (Å²) in [6.07, 6.45) is 1.91. The molecule has 0 aliphatic rings. The lowest BCUT2D eigenvalue weighted by Gasteiger charge is -2.15. The van der Waals surface area contributed by atoms with Crippen molar-refractivity contribution in [1.29, 1.82) is 0 Å². The van der Waals surface area contributed by atoms with E-state index in [0.29, 0.717) is 11.8 Å². The highest BCUT2D eigenvalue weighted by atomic mass is 15.0. The van der Waals surface area contributed by atoms with Gasteiger partial charge < -0.3 is 10.6 Å². The SMILES string of the molecule is CCNCc1nc(C(C)C)ncc1NCC(C)C. The highest BCUT2D eigenvalue weighted by Crippen LogP contribution is 2.16. The first kappa shape index (κ1) is 14.9. The molecule has 0 bridgehead atoms. The van der Waals surface area contributed by atoms with E-state index in [-0.39, 0.29) is 0 Å². The van der Waals surface area contributed by atoms with Gasteiger partial charge in [0.1, 0.15) is 5.82 Å². The molecule has 2 N–H and O–H groups in total. The second kappa shape index (κ2) is 7.31. The molecule has 4 heteroatoms. The van der Waals surface area contributed by atoms with E-state index in [2.05, 4.69) is 55.2 Å². The van der Waals surface area contributed by atoms with Crippen LogP contribution < -0.4 is 10.6 Å². The quantitative estimate of drug-likeness (QED) is 0.781. The molecule has 0 spiro atoms. The van der Waals surface area contributed by atoms with Crippen molar-refractivity contribution >= 4 is 5.69 Å². The molecular formula is C14H26N4. The van der Waals surface area contributed by atoms with E-state index in [1.54, 1.807) is 0 Å². The van der Waals surface area contributed by atoms with Crippen molar-refractivity contribution in [2.75, 3.05) is 18.4 Å². The Balaban J connectivity index is 2.85. The number of aromatic nitrogens is 2. The minimum absolute atomic E-state index is 0.365. The van der Waals surface area contributed by atoms with E-state index in [1.165, 1.54) is 0 Å². The highest BCUT2D eigenvalue weighted by molar-refractivity contribution is 5.46. The van der Waals surface area contributed by atoms with Crippen molar-refractivity contribution in [2.45, 2.75) is 47.1 Å². The molecule has 0 radical (unpaired) electrons. The summed E-state index contributed by atoms with van der Waals surface area (Å²) < 4.78 is 0. The van der Waals surface area contributed by atoms with Gasteiger partial charge >= 0.3 is 0 Å². The average Bonchev–Trinajstić information content (AvgIpc) is 2.33. The van der Waals surface area contributed by atoms with E-state index < -0.39 is 0 Å². The Labute approximate surface area is 111 Å². The second-order valence-electron chi connectivity index (χ2n) is 5.30. The van der Waals surface area contributed by atoms with Gasteiger partial charge in [0.2, 0.25) is 0 Å². The molecule has 4 nitrogen and oxygen atoms in total. The van der Waals surface area contributed by atoms with E-state index in [4.69, 9.17) is 0 Å². The number of hydrogen-bond donors (Lipinski definition) is 2. The first-order valence-corrected chi connectivity index (χ1v) is 6.85. The van der Waals surface area contributed by atoms with Crippen molar-refractivity contribution in [1.82, 2.24) is 15.3 Å². The van der Waals surface area contributed by atoms with Gasteiger partial charge in [-0.15, -0.1) is 0 Å². The zero-order chi connectivity index (χ0) is 13.5. The van der Waals surface area contributed by atoms with Gasteiger partial charge in [0, 0.05) is 19.0 Å². The fourth-order valence-corrected chi connectivity index (χ4v) is 1.55. The minimum Gasteiger partial charge on any atom is -0.382 e. The molecule has 1 heterocycles. The van der Waals surface area contributed by atoms with E-state index in [9.17, 15) is 0 Å². The maximum atomic E-state index is 4.65. The van der Waals surface area contributed by atoms with Gasteiger partial charge in [-0.3, -0.25) is 0 Å². The molecule has 0 atom stereocenters. The van der Waals surface area contributed by atoms with Gasteiger partial charge in [-0.1, -0.05) is 34.6 Å². The van der Waals surface area contributed by atoms with Crippen LogP contribution in [0.25, 0.3) is 0 Å². The molecule has 0 aliphatic carbocycles. The standard InChI is InChI=1S/C14H26N4/c1-6-15-8-13-12(16-7-10(2)3)9-17-14(18-13)11(4)5/h9-11,15-16H,6-8H2,1-5H3. The van der Waals surface area contributed by atoms with Crippen molar-refractivity contribution in [3.8, 4) is 0 Å². The Morgan fingerprint density at radius 2 is 1.94 bits per heavy atom. The summed E-state index contributed by atoms with van der Waals surface area (Å²) in [6.45, 7) is 13.4. The lowest BCUT2D eigenvalue weighted by Crippen LogP contribution is -2.18. The van der Waals surface area contributed by atoms with Crippen molar-refractivity contribution in [2.24, 2.45) is 5.92 Å². The van der Waals surface area contributed by atoms with Crippen LogP contribution in [0.1, 0.15) is 52.1 Å². The Hall–Kier alpha value is -1.16. The maximum absolute atomic E-state index is 4.65. The molecule has 102 valence electrons. The van der Waals surface area contributed by atoms with Gasteiger partial charge in [-0.25, -0.2) is 9.97 Å². The fourth-order valence-electron chi connectivity index (χ4n) is 1.55. The summed E-state index contributed by atoms with van der Waals surface area (Å²) in [5, 5.41) is 6.75. The zero-order valence-electron chi connectivity index (χ0n) is 12.2. The van der Waals surface area contributed by atoms with Gasteiger partial charge in [0.15, 0.2) is 0 Å². The molecule has 18 heavy (non-hydrogen) atoms. The lowest BCUT2D eigenvalue weighted by atomic mass is 10.2. The van der Waals surface area contributed by atoms with Crippen LogP contribution in [0.15, 0.2) is 6.20 Å². The van der Waals surface area contributed by atoms with Crippen molar-refractivity contribution in [3.05, 3.63) is 17.7 Å². The molecule has 0 fully saturated rings. The Morgan fingerprint density at radius 1 is 1.22 bits per heavy atom. The van der Waals surface area contributed by atoms with Gasteiger partial charge in [-0.2, -0.15) is 0 Å². The molecule has 0 aromatic carbocycles. The number of hydrogen-bond acceptors (Lipinski definition) is 4. The monoisotopic (exact) mass is 250 g/mol. The Morgan fingerprint density at radius 3 is 2.50 bits per heavy atom. The number of rotatable bonds is 7. The summed E-state index contributed by atoms with van der Waals surface area (Å²) in [5.74, 6) is 1.89. The molecule has 1 rings (SSSR count). The normalized spacial score (nSPS) is 11.3. The lowest BCUT2D eigenvalue weighted by molar-refractivity contribution is 0.672. The summed E-state index contributed by atoms with van der Waals surface area (Å²) in [7, 11) is 0. The summed E-state index contributed by atoms with van der Waals surface area (Å²) in [4.78, 5) is 9.08. The van der Waals surface area contributed by atoms with E-state index >= 15 is 0 Å². The molecule has 1 aromatic heterocycles. The first-order chi connectivity index (χ1) is 8.54. The third kappa shape index (κ3) is 4.61. The van der Waals surface area contributed by atoms with Crippen LogP contribution in [0, 0.1) is 5.92 Å². The third-order valence-electron chi connectivity index (χ3n) is 2.65. The number of anilines is 1. The smallest absolute Gasteiger partial charge is 0.131 e. The second-order valence-corrected chi connectivity index (χ2v) is 5.30. The van der Waals surface area contributed by atoms with Crippen LogP contribution in [0.2, 0.25) is 0 Å². The number of nitrogens with one attached hydrogen (secondary N) is 2. The topological polar surface area (TPSA) is 49.8 Å². The fraction of sp³-hybridized carbons (Fsp3) is 0.714. The van der Waals surface area contributed by atoms with Crippen molar-refractivity contribution < 1.29 is 0 Å². The summed E-state index contributed by atoms with van der Waals surface area (Å²) in [6, 6.07) is 0. The van der Waals surface area contributed by atoms with E-state index in [0.717, 1.165) is 36.8 Å². The van der Waals surface area contributed by atoms with Crippen LogP contribution in [0.4, 0.5) is 5.69 Å². The minimum atomic E-state index is 0.365. The molecule has 1 aromatic rings. The Kier molecular flexibility index (Phi) is 6.05. The number of nitrogens with zero attached hydrogens (tertiary/aromatic N) is 2. The molecule has 0 unspecified atom stereocenters. The maximum Gasteiger partial charge on any atom is 0.131 e. The molecule has 0 aliphatic heterocycles. The molecule has 0 saturated carbocycles. The summed E-state index contributed by atoms with van der Waals surface area (Å²) in [5.41, 5.74) is 2.12. The molecule has 0 saturated heterocycles. The van der Waals surface area contributed by atoms with Gasteiger partial charge in [0.25, 0.3) is 0 Å².